The highest BCUT2D eigenvalue weighted by molar-refractivity contribution is 5.85. The number of nitrogens with zero attached hydrogens (tertiary/aromatic N) is 1. The average Bonchev–Trinajstić information content (AvgIpc) is 2.55. The van der Waals surface area contributed by atoms with Crippen LogP contribution in [0.5, 0.6) is 11.5 Å². The van der Waals surface area contributed by atoms with Crippen LogP contribution < -0.4 is 10.2 Å². The Kier molecular flexibility index (Phi) is 5.54. The second kappa shape index (κ2) is 7.83. The number of rotatable bonds is 6. The molecule has 0 aromatic heterocycles. The minimum Gasteiger partial charge on any atom is -0.507 e. The van der Waals surface area contributed by atoms with Crippen LogP contribution in [-0.4, -0.2) is 23.8 Å². The van der Waals surface area contributed by atoms with Crippen molar-refractivity contribution in [1.29, 1.82) is 0 Å². The molecular weight excluding hydrogens is 280 g/mol. The number of nitrogens with one attached hydrogen (secondary N) is 1. The Bertz CT molecular complexity index is 668. The van der Waals surface area contributed by atoms with Gasteiger partial charge in [0.15, 0.2) is 6.61 Å². The summed E-state index contributed by atoms with van der Waals surface area (Å²) >= 11 is 0. The van der Waals surface area contributed by atoms with Gasteiger partial charge >= 0.3 is 0 Å². The summed E-state index contributed by atoms with van der Waals surface area (Å²) in [6.07, 6.45) is 2.22. The number of carbonyl (C=O) groups excluding carboxylic acids is 1. The standard InChI is InChI=1S/C17H18N2O3/c1-2-13-7-4-6-10-16(13)22-12-17(21)19-18-11-14-8-3-5-9-15(14)20/h3-11,20H,2,12H2,1H3,(H,19,21)/b18-11-. The molecule has 114 valence electrons. The predicted molar refractivity (Wildman–Crippen MR) is 85.2 cm³/mol. The van der Waals surface area contributed by atoms with Gasteiger partial charge in [0, 0.05) is 5.56 Å². The summed E-state index contributed by atoms with van der Waals surface area (Å²) in [7, 11) is 0. The number of hydrogen-bond donors (Lipinski definition) is 2. The van der Waals surface area contributed by atoms with Crippen LogP contribution in [0.15, 0.2) is 53.6 Å². The van der Waals surface area contributed by atoms with Crippen molar-refractivity contribution in [2.45, 2.75) is 13.3 Å². The number of carbonyl (C=O) groups is 1. The molecule has 0 aliphatic rings. The van der Waals surface area contributed by atoms with E-state index in [1.54, 1.807) is 24.3 Å². The van der Waals surface area contributed by atoms with E-state index in [1.807, 2.05) is 31.2 Å². The fourth-order valence-corrected chi connectivity index (χ4v) is 1.88. The number of aryl methyl sites for hydroxylation is 1. The van der Waals surface area contributed by atoms with E-state index in [0.717, 1.165) is 12.0 Å². The first-order valence-corrected chi connectivity index (χ1v) is 7.01. The summed E-state index contributed by atoms with van der Waals surface area (Å²) in [5.74, 6) is 0.441. The maximum Gasteiger partial charge on any atom is 0.277 e. The van der Waals surface area contributed by atoms with Gasteiger partial charge in [0.2, 0.25) is 0 Å². The highest BCUT2D eigenvalue weighted by Crippen LogP contribution is 2.18. The summed E-state index contributed by atoms with van der Waals surface area (Å²) < 4.78 is 5.48. The predicted octanol–water partition coefficient (Wildman–Crippen LogP) is 2.48. The summed E-state index contributed by atoms with van der Waals surface area (Å²) in [4.78, 5) is 11.7. The molecule has 1 amide bonds. The van der Waals surface area contributed by atoms with Crippen molar-refractivity contribution >= 4 is 12.1 Å². The lowest BCUT2D eigenvalue weighted by Crippen LogP contribution is -2.24. The molecule has 5 heteroatoms. The van der Waals surface area contributed by atoms with Crippen LogP contribution in [-0.2, 0) is 11.2 Å². The zero-order valence-electron chi connectivity index (χ0n) is 12.3. The average molecular weight is 298 g/mol. The molecule has 2 rings (SSSR count). The van der Waals surface area contributed by atoms with Crippen LogP contribution in [0.1, 0.15) is 18.1 Å². The number of benzene rings is 2. The van der Waals surface area contributed by atoms with E-state index >= 15 is 0 Å². The summed E-state index contributed by atoms with van der Waals surface area (Å²) in [5, 5.41) is 13.3. The van der Waals surface area contributed by atoms with Gasteiger partial charge in [-0.2, -0.15) is 5.10 Å². The van der Waals surface area contributed by atoms with Crippen molar-refractivity contribution in [2.24, 2.45) is 5.10 Å². The Labute approximate surface area is 129 Å². The molecule has 0 fully saturated rings. The van der Waals surface area contributed by atoms with E-state index in [1.165, 1.54) is 6.21 Å². The molecule has 2 aromatic carbocycles. The van der Waals surface area contributed by atoms with Gasteiger partial charge in [0.05, 0.1) is 6.21 Å². The number of phenolic OH excluding ortho intramolecular Hbond substituents is 1. The van der Waals surface area contributed by atoms with Gasteiger partial charge < -0.3 is 9.84 Å². The fraction of sp³-hybridized carbons (Fsp3) is 0.176. The van der Waals surface area contributed by atoms with Crippen molar-refractivity contribution in [1.82, 2.24) is 5.43 Å². The SMILES string of the molecule is CCc1ccccc1OCC(=O)N/N=C\c1ccccc1O. The lowest BCUT2D eigenvalue weighted by molar-refractivity contribution is -0.123. The minimum atomic E-state index is -0.363. The summed E-state index contributed by atoms with van der Waals surface area (Å²) in [5.41, 5.74) is 3.94. The molecule has 0 spiro atoms. The van der Waals surface area contributed by atoms with E-state index < -0.39 is 0 Å². The van der Waals surface area contributed by atoms with Crippen molar-refractivity contribution in [3.8, 4) is 11.5 Å². The fourth-order valence-electron chi connectivity index (χ4n) is 1.88. The first-order chi connectivity index (χ1) is 10.7. The number of phenols is 1. The van der Waals surface area contributed by atoms with Crippen LogP contribution in [0.4, 0.5) is 0 Å². The Morgan fingerprint density at radius 1 is 1.23 bits per heavy atom. The largest absolute Gasteiger partial charge is 0.507 e. The van der Waals surface area contributed by atoms with Crippen LogP contribution in [0.2, 0.25) is 0 Å². The molecule has 0 saturated carbocycles. The molecular formula is C17H18N2O3. The van der Waals surface area contributed by atoms with Crippen LogP contribution in [0.25, 0.3) is 0 Å². The van der Waals surface area contributed by atoms with Gasteiger partial charge in [-0.25, -0.2) is 5.43 Å². The van der Waals surface area contributed by atoms with Crippen molar-refractivity contribution in [3.63, 3.8) is 0 Å². The third-order valence-corrected chi connectivity index (χ3v) is 3.04. The van der Waals surface area contributed by atoms with E-state index in [0.29, 0.717) is 11.3 Å². The third kappa shape index (κ3) is 4.34. The summed E-state index contributed by atoms with van der Waals surface area (Å²) in [6.45, 7) is 1.91. The van der Waals surface area contributed by atoms with E-state index in [2.05, 4.69) is 10.5 Å². The lowest BCUT2D eigenvalue weighted by atomic mass is 10.1. The minimum absolute atomic E-state index is 0.105. The van der Waals surface area contributed by atoms with Crippen molar-refractivity contribution < 1.29 is 14.6 Å². The van der Waals surface area contributed by atoms with Gasteiger partial charge in [-0.15, -0.1) is 0 Å². The molecule has 0 heterocycles. The molecule has 2 N–H and O–H groups in total. The number of para-hydroxylation sites is 2. The Hall–Kier alpha value is -2.82. The number of hydrazone groups is 1. The van der Waals surface area contributed by atoms with E-state index in [-0.39, 0.29) is 18.3 Å². The molecule has 0 atom stereocenters. The Balaban J connectivity index is 1.85. The van der Waals surface area contributed by atoms with Gasteiger partial charge in [0.25, 0.3) is 5.91 Å². The molecule has 2 aromatic rings. The number of ether oxygens (including phenoxy) is 1. The van der Waals surface area contributed by atoms with Crippen molar-refractivity contribution in [2.75, 3.05) is 6.61 Å². The van der Waals surface area contributed by atoms with Gasteiger partial charge in [-0.1, -0.05) is 37.3 Å². The molecule has 0 radical (unpaired) electrons. The van der Waals surface area contributed by atoms with Crippen LogP contribution in [0.3, 0.4) is 0 Å². The first kappa shape index (κ1) is 15.6. The normalized spacial score (nSPS) is 10.6. The molecule has 22 heavy (non-hydrogen) atoms. The monoisotopic (exact) mass is 298 g/mol. The number of aromatic hydroxyl groups is 1. The van der Waals surface area contributed by atoms with Crippen LogP contribution in [0, 0.1) is 0 Å². The Morgan fingerprint density at radius 3 is 2.73 bits per heavy atom. The first-order valence-electron chi connectivity index (χ1n) is 7.01. The second-order valence-electron chi connectivity index (χ2n) is 4.60. The maximum atomic E-state index is 11.7. The number of amides is 1. The van der Waals surface area contributed by atoms with Gasteiger partial charge in [0.1, 0.15) is 11.5 Å². The number of hydrogen-bond acceptors (Lipinski definition) is 4. The highest BCUT2D eigenvalue weighted by atomic mass is 16.5. The third-order valence-electron chi connectivity index (χ3n) is 3.04. The van der Waals surface area contributed by atoms with Crippen LogP contribution >= 0.6 is 0 Å². The molecule has 0 unspecified atom stereocenters. The Morgan fingerprint density at radius 2 is 1.95 bits per heavy atom. The topological polar surface area (TPSA) is 70.9 Å². The molecule has 0 aliphatic carbocycles. The zero-order valence-corrected chi connectivity index (χ0v) is 12.3. The van der Waals surface area contributed by atoms with E-state index in [4.69, 9.17) is 4.74 Å². The van der Waals surface area contributed by atoms with Gasteiger partial charge in [-0.05, 0) is 30.2 Å². The lowest BCUT2D eigenvalue weighted by Gasteiger charge is -2.09. The zero-order chi connectivity index (χ0) is 15.8. The molecule has 0 bridgehead atoms. The molecule has 0 saturated heterocycles. The summed E-state index contributed by atoms with van der Waals surface area (Å²) in [6, 6.07) is 14.3. The highest BCUT2D eigenvalue weighted by Gasteiger charge is 2.04. The quantitative estimate of drug-likeness (QED) is 0.636. The maximum absolute atomic E-state index is 11.7. The van der Waals surface area contributed by atoms with Gasteiger partial charge in [-0.3, -0.25) is 4.79 Å². The smallest absolute Gasteiger partial charge is 0.277 e. The second-order valence-corrected chi connectivity index (χ2v) is 4.60. The van der Waals surface area contributed by atoms with Crippen molar-refractivity contribution in [3.05, 3.63) is 59.7 Å². The molecule has 0 aliphatic heterocycles. The van der Waals surface area contributed by atoms with E-state index in [9.17, 15) is 9.90 Å². The molecule has 5 nitrogen and oxygen atoms in total.